The molecule has 0 radical (unpaired) electrons. The first kappa shape index (κ1) is 15.9. The Labute approximate surface area is 135 Å². The van der Waals surface area contributed by atoms with Gasteiger partial charge >= 0.3 is 0 Å². The van der Waals surface area contributed by atoms with Gasteiger partial charge in [-0.15, -0.1) is 0 Å². The van der Waals surface area contributed by atoms with Gasteiger partial charge in [-0.25, -0.2) is 4.98 Å². The molecule has 3 N–H and O–H groups in total. The number of aromatic nitrogens is 3. The van der Waals surface area contributed by atoms with Gasteiger partial charge in [0.15, 0.2) is 0 Å². The summed E-state index contributed by atoms with van der Waals surface area (Å²) in [7, 11) is 1.88. The number of aryl methyl sites for hydroxylation is 1. The molecule has 1 aliphatic rings. The van der Waals surface area contributed by atoms with Gasteiger partial charge < -0.3 is 15.5 Å². The van der Waals surface area contributed by atoms with E-state index in [0.717, 1.165) is 44.1 Å². The molecule has 0 spiro atoms. The summed E-state index contributed by atoms with van der Waals surface area (Å²) in [5, 5.41) is 26.4. The number of hydrogen-bond donors (Lipinski definition) is 3. The molecular weight excluding hydrogens is 294 g/mol. The predicted octanol–water partition coefficient (Wildman–Crippen LogP) is 0.751. The van der Waals surface area contributed by atoms with Gasteiger partial charge in [0, 0.05) is 45.0 Å². The molecule has 124 valence electrons. The Balaban J connectivity index is 1.76. The van der Waals surface area contributed by atoms with Crippen LogP contribution in [0.4, 0.5) is 5.82 Å². The number of rotatable bonds is 5. The summed E-state index contributed by atoms with van der Waals surface area (Å²) in [5.74, 6) is 0.904. The Bertz CT molecular complexity index is 658. The third kappa shape index (κ3) is 3.52. The normalized spacial score (nSPS) is 16.7. The van der Waals surface area contributed by atoms with E-state index < -0.39 is 6.10 Å². The summed E-state index contributed by atoms with van der Waals surface area (Å²) < 4.78 is 1.94. The van der Waals surface area contributed by atoms with E-state index in [0.29, 0.717) is 5.69 Å². The highest BCUT2D eigenvalue weighted by atomic mass is 16.3. The fraction of sp³-hybridized carbons (Fsp3) is 0.500. The lowest BCUT2D eigenvalue weighted by Crippen LogP contribution is -2.23. The number of nitrogens with one attached hydrogen (secondary N) is 1. The van der Waals surface area contributed by atoms with Crippen molar-refractivity contribution in [1.29, 1.82) is 0 Å². The third-order valence-electron chi connectivity index (χ3n) is 4.15. The van der Waals surface area contributed by atoms with Crippen molar-refractivity contribution >= 4 is 5.82 Å². The molecule has 0 aromatic carbocycles. The second kappa shape index (κ2) is 7.08. The van der Waals surface area contributed by atoms with Crippen LogP contribution in [0.5, 0.6) is 0 Å². The van der Waals surface area contributed by atoms with Crippen molar-refractivity contribution < 1.29 is 10.2 Å². The first-order valence-corrected chi connectivity index (χ1v) is 7.91. The van der Waals surface area contributed by atoms with Crippen LogP contribution in [0, 0.1) is 0 Å². The number of pyridine rings is 1. The highest BCUT2D eigenvalue weighted by Crippen LogP contribution is 2.21. The molecule has 7 heteroatoms. The Kier molecular flexibility index (Phi) is 4.90. The lowest BCUT2D eigenvalue weighted by atomic mass is 10.2. The summed E-state index contributed by atoms with van der Waals surface area (Å²) in [6.07, 6.45) is 1.88. The second-order valence-corrected chi connectivity index (χ2v) is 5.81. The zero-order chi connectivity index (χ0) is 16.2. The van der Waals surface area contributed by atoms with Crippen LogP contribution in [0.1, 0.15) is 29.5 Å². The lowest BCUT2D eigenvalue weighted by Gasteiger charge is -2.20. The Morgan fingerprint density at radius 2 is 2.26 bits per heavy atom. The molecule has 7 nitrogen and oxygen atoms in total. The maximum absolute atomic E-state index is 9.76. The van der Waals surface area contributed by atoms with E-state index in [9.17, 15) is 5.11 Å². The molecule has 2 aromatic heterocycles. The van der Waals surface area contributed by atoms with Crippen molar-refractivity contribution in [3.05, 3.63) is 41.3 Å². The maximum atomic E-state index is 9.76. The van der Waals surface area contributed by atoms with Gasteiger partial charge in [0.1, 0.15) is 11.9 Å². The van der Waals surface area contributed by atoms with Crippen LogP contribution < -0.4 is 5.32 Å². The van der Waals surface area contributed by atoms with Gasteiger partial charge in [-0.05, 0) is 18.6 Å². The molecule has 2 aromatic rings. The van der Waals surface area contributed by atoms with Crippen molar-refractivity contribution in [1.82, 2.24) is 19.7 Å². The third-order valence-corrected chi connectivity index (χ3v) is 4.15. The summed E-state index contributed by atoms with van der Waals surface area (Å²) in [6, 6.07) is 5.93. The molecule has 0 amide bonds. The van der Waals surface area contributed by atoms with E-state index in [-0.39, 0.29) is 6.61 Å². The van der Waals surface area contributed by atoms with E-state index in [4.69, 9.17) is 5.11 Å². The Morgan fingerprint density at radius 1 is 1.39 bits per heavy atom. The number of fused-ring (bicyclic) bond motifs is 1. The number of anilines is 1. The topological polar surface area (TPSA) is 86.4 Å². The first-order valence-electron chi connectivity index (χ1n) is 7.91. The molecule has 0 fully saturated rings. The molecule has 0 bridgehead atoms. The van der Waals surface area contributed by atoms with E-state index in [1.807, 2.05) is 23.9 Å². The van der Waals surface area contributed by atoms with Crippen molar-refractivity contribution in [3.63, 3.8) is 0 Å². The Morgan fingerprint density at radius 3 is 3.04 bits per heavy atom. The van der Waals surface area contributed by atoms with Crippen LogP contribution in [0.3, 0.4) is 0 Å². The fourth-order valence-corrected chi connectivity index (χ4v) is 2.97. The van der Waals surface area contributed by atoms with Gasteiger partial charge in [-0.3, -0.25) is 9.58 Å². The maximum Gasteiger partial charge on any atom is 0.130 e. The number of hydrogen-bond acceptors (Lipinski definition) is 6. The lowest BCUT2D eigenvalue weighted by molar-refractivity contribution is 0.0916. The number of aliphatic hydroxyl groups excluding tert-OH is 2. The zero-order valence-electron chi connectivity index (χ0n) is 13.3. The average Bonchev–Trinajstić information content (AvgIpc) is 2.88. The van der Waals surface area contributed by atoms with Gasteiger partial charge in [0.25, 0.3) is 0 Å². The second-order valence-electron chi connectivity index (χ2n) is 5.81. The largest absolute Gasteiger partial charge is 0.393 e. The van der Waals surface area contributed by atoms with Gasteiger partial charge in [0.2, 0.25) is 0 Å². The molecule has 3 rings (SSSR count). The SMILES string of the molecule is CNc1ncccc1CN1CCCn2nc(C(O)CO)cc2C1. The quantitative estimate of drug-likeness (QED) is 0.754. The van der Waals surface area contributed by atoms with Gasteiger partial charge in [-0.1, -0.05) is 6.07 Å². The molecule has 3 heterocycles. The minimum Gasteiger partial charge on any atom is -0.393 e. The van der Waals surface area contributed by atoms with Crippen LogP contribution in [-0.4, -0.2) is 50.1 Å². The highest BCUT2D eigenvalue weighted by molar-refractivity contribution is 5.42. The van der Waals surface area contributed by atoms with Crippen molar-refractivity contribution in [2.75, 3.05) is 25.5 Å². The zero-order valence-corrected chi connectivity index (χ0v) is 13.3. The molecule has 1 atom stereocenters. The van der Waals surface area contributed by atoms with Crippen LogP contribution in [0.25, 0.3) is 0 Å². The molecular formula is C16H23N5O2. The van der Waals surface area contributed by atoms with Crippen molar-refractivity contribution in [2.45, 2.75) is 32.2 Å². The molecule has 1 unspecified atom stereocenters. The predicted molar refractivity (Wildman–Crippen MR) is 86.8 cm³/mol. The first-order chi connectivity index (χ1) is 11.2. The minimum absolute atomic E-state index is 0.304. The fourth-order valence-electron chi connectivity index (χ4n) is 2.97. The van der Waals surface area contributed by atoms with Crippen LogP contribution >= 0.6 is 0 Å². The van der Waals surface area contributed by atoms with Crippen LogP contribution in [0.2, 0.25) is 0 Å². The van der Waals surface area contributed by atoms with Crippen LogP contribution in [0.15, 0.2) is 24.4 Å². The standard InChI is InChI=1S/C16H23N5O2/c1-17-16-12(4-2-5-18-16)9-20-6-3-7-21-13(10-20)8-14(19-21)15(23)11-22/h2,4-5,8,15,22-23H,3,6-7,9-11H2,1H3,(H,17,18). The summed E-state index contributed by atoms with van der Waals surface area (Å²) in [6.45, 7) is 3.09. The summed E-state index contributed by atoms with van der Waals surface area (Å²) in [5.41, 5.74) is 2.78. The number of nitrogens with zero attached hydrogens (tertiary/aromatic N) is 4. The molecule has 0 aliphatic carbocycles. The number of aliphatic hydroxyl groups is 2. The molecule has 1 aliphatic heterocycles. The minimum atomic E-state index is -0.905. The van der Waals surface area contributed by atoms with E-state index in [1.54, 1.807) is 6.20 Å². The van der Waals surface area contributed by atoms with E-state index >= 15 is 0 Å². The molecule has 0 saturated carbocycles. The van der Waals surface area contributed by atoms with Gasteiger partial charge in [-0.2, -0.15) is 5.10 Å². The smallest absolute Gasteiger partial charge is 0.130 e. The van der Waals surface area contributed by atoms with Gasteiger partial charge in [0.05, 0.1) is 18.0 Å². The highest BCUT2D eigenvalue weighted by Gasteiger charge is 2.20. The van der Waals surface area contributed by atoms with Crippen LogP contribution in [-0.2, 0) is 19.6 Å². The summed E-state index contributed by atoms with van der Waals surface area (Å²) in [4.78, 5) is 6.71. The van der Waals surface area contributed by atoms with E-state index in [2.05, 4.69) is 26.4 Å². The van der Waals surface area contributed by atoms with E-state index in [1.165, 1.54) is 5.56 Å². The molecule has 23 heavy (non-hydrogen) atoms. The van der Waals surface area contributed by atoms with Crippen molar-refractivity contribution in [2.24, 2.45) is 0 Å². The monoisotopic (exact) mass is 317 g/mol. The molecule has 0 saturated heterocycles. The average molecular weight is 317 g/mol. The van der Waals surface area contributed by atoms with Crippen molar-refractivity contribution in [3.8, 4) is 0 Å². The summed E-state index contributed by atoms with van der Waals surface area (Å²) >= 11 is 0. The Hall–Kier alpha value is -1.96.